The third kappa shape index (κ3) is 3.38. The lowest BCUT2D eigenvalue weighted by atomic mass is 9.85. The molecule has 0 atom stereocenters. The smallest absolute Gasteiger partial charge is 0.317 e. The van der Waals surface area contributed by atoms with Gasteiger partial charge in [0.2, 0.25) is 0 Å². The summed E-state index contributed by atoms with van der Waals surface area (Å²) in [5, 5.41) is 12.5. The molecule has 2 aromatic rings. The Bertz CT molecular complexity index is 691. The molecule has 1 saturated carbocycles. The van der Waals surface area contributed by atoms with Crippen LogP contribution in [0.15, 0.2) is 24.4 Å². The van der Waals surface area contributed by atoms with E-state index in [1.165, 1.54) is 11.4 Å². The van der Waals surface area contributed by atoms with E-state index in [2.05, 4.69) is 27.7 Å². The number of aromatic nitrogens is 2. The first-order chi connectivity index (χ1) is 11.1. The summed E-state index contributed by atoms with van der Waals surface area (Å²) >= 11 is 0. The van der Waals surface area contributed by atoms with Crippen LogP contribution < -0.4 is 5.32 Å². The molecule has 6 heteroatoms. The highest BCUT2D eigenvalue weighted by molar-refractivity contribution is 5.69. The van der Waals surface area contributed by atoms with Gasteiger partial charge in [-0.2, -0.15) is 0 Å². The van der Waals surface area contributed by atoms with E-state index >= 15 is 0 Å². The molecular formula is C17H24N4O2. The molecule has 2 N–H and O–H groups in total. The summed E-state index contributed by atoms with van der Waals surface area (Å²) in [6.45, 7) is 5.82. The van der Waals surface area contributed by atoms with Crippen molar-refractivity contribution < 1.29 is 9.90 Å². The van der Waals surface area contributed by atoms with Gasteiger partial charge >= 0.3 is 5.97 Å². The van der Waals surface area contributed by atoms with Crippen LogP contribution in [-0.2, 0) is 11.3 Å². The zero-order valence-corrected chi connectivity index (χ0v) is 13.7. The summed E-state index contributed by atoms with van der Waals surface area (Å²) in [4.78, 5) is 17.3. The van der Waals surface area contributed by atoms with E-state index in [-0.39, 0.29) is 6.54 Å². The van der Waals surface area contributed by atoms with Gasteiger partial charge in [-0.25, -0.2) is 4.98 Å². The molecule has 2 aromatic heterocycles. The van der Waals surface area contributed by atoms with E-state index < -0.39 is 5.97 Å². The number of fused-ring (bicyclic) bond motifs is 1. The van der Waals surface area contributed by atoms with Crippen LogP contribution in [0.3, 0.4) is 0 Å². The number of aliphatic carboxylic acids is 1. The topological polar surface area (TPSA) is 69.9 Å². The second kappa shape index (κ2) is 6.68. The number of carboxylic acid groups (broad SMARTS) is 1. The Labute approximate surface area is 136 Å². The molecule has 0 saturated heterocycles. The lowest BCUT2D eigenvalue weighted by molar-refractivity contribution is -0.139. The van der Waals surface area contributed by atoms with Crippen molar-refractivity contribution in [2.45, 2.75) is 45.3 Å². The lowest BCUT2D eigenvalue weighted by Gasteiger charge is -2.42. The molecule has 0 amide bonds. The van der Waals surface area contributed by atoms with E-state index in [1.54, 1.807) is 0 Å². The minimum absolute atomic E-state index is 0.139. The quantitative estimate of drug-likeness (QED) is 0.813. The Morgan fingerprint density at radius 1 is 1.48 bits per heavy atom. The van der Waals surface area contributed by atoms with Gasteiger partial charge in [-0.05, 0) is 38.4 Å². The van der Waals surface area contributed by atoms with Crippen LogP contribution in [0.5, 0.6) is 0 Å². The largest absolute Gasteiger partial charge is 0.480 e. The Morgan fingerprint density at radius 3 is 2.96 bits per heavy atom. The molecular weight excluding hydrogens is 292 g/mol. The first-order valence-electron chi connectivity index (χ1n) is 8.19. The van der Waals surface area contributed by atoms with Gasteiger partial charge in [-0.3, -0.25) is 9.69 Å². The molecule has 6 nitrogen and oxygen atoms in total. The van der Waals surface area contributed by atoms with E-state index in [0.29, 0.717) is 12.1 Å². The van der Waals surface area contributed by atoms with Gasteiger partial charge < -0.3 is 14.8 Å². The van der Waals surface area contributed by atoms with Gasteiger partial charge in [0.15, 0.2) is 0 Å². The molecule has 1 aliphatic carbocycles. The Hall–Kier alpha value is -1.92. The summed E-state index contributed by atoms with van der Waals surface area (Å²) in [5.74, 6) is -0.746. The zero-order valence-electron chi connectivity index (χ0n) is 13.7. The monoisotopic (exact) mass is 316 g/mol. The molecule has 3 rings (SSSR count). The second-order valence-corrected chi connectivity index (χ2v) is 6.27. The van der Waals surface area contributed by atoms with Crippen molar-refractivity contribution in [3.8, 4) is 0 Å². The van der Waals surface area contributed by atoms with Crippen LogP contribution in [0.1, 0.15) is 31.2 Å². The first-order valence-corrected chi connectivity index (χ1v) is 8.19. The van der Waals surface area contributed by atoms with Gasteiger partial charge in [-0.15, -0.1) is 0 Å². The summed E-state index contributed by atoms with van der Waals surface area (Å²) in [6, 6.07) is 6.96. The fourth-order valence-corrected chi connectivity index (χ4v) is 3.38. The number of hydrogen-bond acceptors (Lipinski definition) is 4. The van der Waals surface area contributed by atoms with Crippen molar-refractivity contribution in [2.75, 3.05) is 13.1 Å². The molecule has 0 bridgehead atoms. The van der Waals surface area contributed by atoms with E-state index in [4.69, 9.17) is 5.11 Å². The normalized spacial score (nSPS) is 20.8. The summed E-state index contributed by atoms with van der Waals surface area (Å²) < 4.78 is 2.17. The number of carbonyl (C=O) groups is 1. The van der Waals surface area contributed by atoms with Gasteiger partial charge in [0.25, 0.3) is 0 Å². The highest BCUT2D eigenvalue weighted by Crippen LogP contribution is 2.26. The number of carboxylic acids is 1. The lowest BCUT2D eigenvalue weighted by Crippen LogP contribution is -2.53. The number of likely N-dealkylation sites (N-methyl/N-ethyl adjacent to an activating group) is 1. The van der Waals surface area contributed by atoms with Crippen LogP contribution >= 0.6 is 0 Å². The number of aryl methyl sites for hydroxylation is 1. The summed E-state index contributed by atoms with van der Waals surface area (Å²) in [5.41, 5.74) is 3.33. The molecule has 0 radical (unpaired) electrons. The van der Waals surface area contributed by atoms with Crippen molar-refractivity contribution >= 4 is 11.6 Å². The SMILES string of the molecule is CCN(CC(=O)O)C1CC(NCc2cnc3cccc(C)n23)C1. The number of nitrogens with zero attached hydrogens (tertiary/aromatic N) is 3. The Morgan fingerprint density at radius 2 is 2.26 bits per heavy atom. The average Bonchev–Trinajstić information content (AvgIpc) is 2.88. The molecule has 0 aromatic carbocycles. The molecule has 23 heavy (non-hydrogen) atoms. The number of nitrogens with one attached hydrogen (secondary N) is 1. The zero-order chi connectivity index (χ0) is 16.4. The van der Waals surface area contributed by atoms with Crippen LogP contribution in [0.25, 0.3) is 5.65 Å². The summed E-state index contributed by atoms with van der Waals surface area (Å²) in [7, 11) is 0. The third-order valence-corrected chi connectivity index (χ3v) is 4.74. The highest BCUT2D eigenvalue weighted by Gasteiger charge is 2.33. The minimum Gasteiger partial charge on any atom is -0.480 e. The van der Waals surface area contributed by atoms with E-state index in [0.717, 1.165) is 31.6 Å². The molecule has 0 spiro atoms. The molecule has 2 heterocycles. The van der Waals surface area contributed by atoms with Gasteiger partial charge in [-0.1, -0.05) is 13.0 Å². The fourth-order valence-electron chi connectivity index (χ4n) is 3.38. The van der Waals surface area contributed by atoms with Crippen LogP contribution in [0.4, 0.5) is 0 Å². The maximum absolute atomic E-state index is 10.9. The molecule has 0 aliphatic heterocycles. The van der Waals surface area contributed by atoms with Crippen molar-refractivity contribution in [1.82, 2.24) is 19.6 Å². The molecule has 1 aliphatic rings. The maximum Gasteiger partial charge on any atom is 0.317 e. The number of hydrogen-bond donors (Lipinski definition) is 2. The van der Waals surface area contributed by atoms with Gasteiger partial charge in [0.1, 0.15) is 5.65 Å². The van der Waals surface area contributed by atoms with Gasteiger partial charge in [0, 0.05) is 24.3 Å². The number of pyridine rings is 1. The Kier molecular flexibility index (Phi) is 4.63. The predicted molar refractivity (Wildman–Crippen MR) is 88.5 cm³/mol. The third-order valence-electron chi connectivity index (χ3n) is 4.74. The summed E-state index contributed by atoms with van der Waals surface area (Å²) in [6.07, 6.45) is 3.95. The van der Waals surface area contributed by atoms with Crippen LogP contribution in [0.2, 0.25) is 0 Å². The minimum atomic E-state index is -0.746. The van der Waals surface area contributed by atoms with Crippen molar-refractivity contribution in [3.63, 3.8) is 0 Å². The second-order valence-electron chi connectivity index (χ2n) is 6.27. The van der Waals surface area contributed by atoms with Crippen LogP contribution in [-0.4, -0.2) is 50.5 Å². The number of imidazole rings is 1. The number of rotatable bonds is 7. The van der Waals surface area contributed by atoms with Crippen molar-refractivity contribution in [2.24, 2.45) is 0 Å². The average molecular weight is 316 g/mol. The molecule has 124 valence electrons. The standard InChI is InChI=1S/C17H24N4O2/c1-3-20(11-17(22)23)14-7-13(8-14)18-9-15-10-19-16-6-4-5-12(2)21(15)16/h4-6,10,13-14,18H,3,7-9,11H2,1-2H3,(H,22,23). The molecule has 1 fully saturated rings. The first kappa shape index (κ1) is 16.0. The molecule has 0 unspecified atom stereocenters. The van der Waals surface area contributed by atoms with E-state index in [9.17, 15) is 4.79 Å². The fraction of sp³-hybridized carbons (Fsp3) is 0.529. The van der Waals surface area contributed by atoms with E-state index in [1.807, 2.05) is 30.2 Å². The Balaban J connectivity index is 1.53. The van der Waals surface area contributed by atoms with Crippen molar-refractivity contribution in [1.29, 1.82) is 0 Å². The van der Waals surface area contributed by atoms with Crippen LogP contribution in [0, 0.1) is 6.92 Å². The predicted octanol–water partition coefficient (Wildman–Crippen LogP) is 1.67. The highest BCUT2D eigenvalue weighted by atomic mass is 16.4. The maximum atomic E-state index is 10.9. The van der Waals surface area contributed by atoms with Gasteiger partial charge in [0.05, 0.1) is 18.4 Å². The van der Waals surface area contributed by atoms with Crippen molar-refractivity contribution in [3.05, 3.63) is 35.8 Å².